The first-order valence-electron chi connectivity index (χ1n) is 4.94. The van der Waals surface area contributed by atoms with E-state index in [1.165, 1.54) is 6.92 Å². The van der Waals surface area contributed by atoms with E-state index in [0.717, 1.165) is 12.1 Å². The predicted molar refractivity (Wildman–Crippen MR) is 58.3 cm³/mol. The zero-order valence-electron chi connectivity index (χ0n) is 9.23. The monoisotopic (exact) mass is 228 g/mol. The van der Waals surface area contributed by atoms with Crippen LogP contribution in [0.2, 0.25) is 0 Å². The van der Waals surface area contributed by atoms with Gasteiger partial charge in [-0.25, -0.2) is 8.78 Å². The molecule has 0 spiro atoms. The molecule has 0 atom stereocenters. The van der Waals surface area contributed by atoms with Gasteiger partial charge in [0.2, 0.25) is 5.91 Å². The number of carbonyl (C=O) groups is 1. The third kappa shape index (κ3) is 3.27. The van der Waals surface area contributed by atoms with E-state index in [0.29, 0.717) is 6.54 Å². The molecule has 1 aromatic rings. The Kier molecular flexibility index (Phi) is 4.37. The van der Waals surface area contributed by atoms with Gasteiger partial charge >= 0.3 is 0 Å². The van der Waals surface area contributed by atoms with Crippen LogP contribution in [-0.4, -0.2) is 19.5 Å². The Morgan fingerprint density at radius 1 is 1.31 bits per heavy atom. The molecule has 5 heteroatoms. The molecular formula is C11H14F2N2O. The van der Waals surface area contributed by atoms with E-state index in [-0.39, 0.29) is 23.6 Å². The first kappa shape index (κ1) is 12.6. The Bertz CT molecular complexity index is 394. The van der Waals surface area contributed by atoms with Crippen LogP contribution in [0.1, 0.15) is 12.0 Å². The zero-order valence-corrected chi connectivity index (χ0v) is 9.23. The Hall–Kier alpha value is -1.49. The molecule has 0 unspecified atom stereocenters. The lowest BCUT2D eigenvalue weighted by Crippen LogP contribution is -2.19. The fourth-order valence-corrected chi connectivity index (χ4v) is 1.19. The highest BCUT2D eigenvalue weighted by atomic mass is 19.1. The second-order valence-electron chi connectivity index (χ2n) is 3.48. The van der Waals surface area contributed by atoms with Crippen LogP contribution in [0.5, 0.6) is 0 Å². The van der Waals surface area contributed by atoms with Crippen LogP contribution in [-0.2, 0) is 4.79 Å². The van der Waals surface area contributed by atoms with Gasteiger partial charge in [0.25, 0.3) is 0 Å². The molecule has 88 valence electrons. The minimum atomic E-state index is -0.628. The van der Waals surface area contributed by atoms with E-state index in [1.807, 2.05) is 0 Å². The molecule has 2 N–H and O–H groups in total. The second kappa shape index (κ2) is 5.55. The number of carbonyl (C=O) groups excluding carboxylic acids is 1. The highest BCUT2D eigenvalue weighted by molar-refractivity contribution is 5.90. The summed E-state index contributed by atoms with van der Waals surface area (Å²) < 4.78 is 26.4. The van der Waals surface area contributed by atoms with Gasteiger partial charge in [-0.1, -0.05) is 0 Å². The summed E-state index contributed by atoms with van der Waals surface area (Å²) in [6, 6.07) is 2.05. The van der Waals surface area contributed by atoms with E-state index in [4.69, 9.17) is 0 Å². The Labute approximate surface area is 92.8 Å². The van der Waals surface area contributed by atoms with Gasteiger partial charge in [-0.3, -0.25) is 4.79 Å². The van der Waals surface area contributed by atoms with E-state index in [1.54, 1.807) is 7.05 Å². The number of aryl methyl sites for hydroxylation is 1. The van der Waals surface area contributed by atoms with Gasteiger partial charge in [0, 0.05) is 19.0 Å². The van der Waals surface area contributed by atoms with E-state index in [9.17, 15) is 13.6 Å². The van der Waals surface area contributed by atoms with Gasteiger partial charge in [0.05, 0.1) is 5.69 Å². The lowest BCUT2D eigenvalue weighted by atomic mass is 10.2. The molecule has 1 amide bonds. The number of halogens is 2. The summed E-state index contributed by atoms with van der Waals surface area (Å²) in [5, 5.41) is 5.11. The van der Waals surface area contributed by atoms with Gasteiger partial charge in [-0.05, 0) is 25.6 Å². The highest BCUT2D eigenvalue weighted by Crippen LogP contribution is 2.18. The SMILES string of the molecule is CNCCC(=O)Nc1cc(F)c(C)cc1F. The molecule has 0 saturated carbocycles. The van der Waals surface area contributed by atoms with Crippen molar-refractivity contribution in [3.8, 4) is 0 Å². The number of hydrogen-bond acceptors (Lipinski definition) is 2. The van der Waals surface area contributed by atoms with Crippen molar-refractivity contribution < 1.29 is 13.6 Å². The zero-order chi connectivity index (χ0) is 12.1. The number of hydrogen-bond donors (Lipinski definition) is 2. The molecule has 16 heavy (non-hydrogen) atoms. The summed E-state index contributed by atoms with van der Waals surface area (Å²) in [7, 11) is 1.71. The summed E-state index contributed by atoms with van der Waals surface area (Å²) in [5.74, 6) is -1.52. The van der Waals surface area contributed by atoms with Gasteiger partial charge < -0.3 is 10.6 Å². The molecular weight excluding hydrogens is 214 g/mol. The Balaban J connectivity index is 2.73. The van der Waals surface area contributed by atoms with Gasteiger partial charge in [0.1, 0.15) is 11.6 Å². The van der Waals surface area contributed by atoms with Crippen molar-refractivity contribution in [2.24, 2.45) is 0 Å². The molecule has 3 nitrogen and oxygen atoms in total. The van der Waals surface area contributed by atoms with Crippen LogP contribution in [0, 0.1) is 18.6 Å². The average Bonchev–Trinajstić information content (AvgIpc) is 2.23. The number of nitrogens with one attached hydrogen (secondary N) is 2. The topological polar surface area (TPSA) is 41.1 Å². The van der Waals surface area contributed by atoms with Crippen LogP contribution >= 0.6 is 0 Å². The lowest BCUT2D eigenvalue weighted by molar-refractivity contribution is -0.116. The van der Waals surface area contributed by atoms with Crippen LogP contribution < -0.4 is 10.6 Å². The first-order chi connectivity index (χ1) is 7.54. The fraction of sp³-hybridized carbons (Fsp3) is 0.364. The van der Waals surface area contributed by atoms with Crippen LogP contribution in [0.4, 0.5) is 14.5 Å². The summed E-state index contributed by atoms with van der Waals surface area (Å²) in [6.45, 7) is 1.95. The predicted octanol–water partition coefficient (Wildman–Crippen LogP) is 1.82. The summed E-state index contributed by atoms with van der Waals surface area (Å²) in [5.41, 5.74) is 0.0925. The normalized spacial score (nSPS) is 10.2. The standard InChI is InChI=1S/C11H14F2N2O/c1-7-5-9(13)10(6-8(7)12)15-11(16)3-4-14-2/h5-6,14H,3-4H2,1-2H3,(H,15,16). The van der Waals surface area contributed by atoms with Crippen LogP contribution in [0.25, 0.3) is 0 Å². The summed E-state index contributed by atoms with van der Waals surface area (Å²) >= 11 is 0. The van der Waals surface area contributed by atoms with Crippen molar-refractivity contribution in [1.29, 1.82) is 0 Å². The molecule has 1 rings (SSSR count). The third-order valence-corrected chi connectivity index (χ3v) is 2.12. The second-order valence-corrected chi connectivity index (χ2v) is 3.48. The summed E-state index contributed by atoms with van der Waals surface area (Å²) in [6.07, 6.45) is 0.214. The maximum absolute atomic E-state index is 13.3. The molecule has 0 heterocycles. The van der Waals surface area contributed by atoms with Crippen LogP contribution in [0.15, 0.2) is 12.1 Å². The average molecular weight is 228 g/mol. The Morgan fingerprint density at radius 2 is 2.00 bits per heavy atom. The molecule has 0 radical (unpaired) electrons. The molecule has 0 aromatic heterocycles. The smallest absolute Gasteiger partial charge is 0.225 e. The number of rotatable bonds is 4. The lowest BCUT2D eigenvalue weighted by Gasteiger charge is -2.07. The molecule has 1 aromatic carbocycles. The number of anilines is 1. The van der Waals surface area contributed by atoms with Crippen molar-refractivity contribution in [2.45, 2.75) is 13.3 Å². The minimum Gasteiger partial charge on any atom is -0.323 e. The Morgan fingerprint density at radius 3 is 2.62 bits per heavy atom. The quantitative estimate of drug-likeness (QED) is 0.825. The number of benzene rings is 1. The molecule has 0 bridgehead atoms. The van der Waals surface area contributed by atoms with Crippen LogP contribution in [0.3, 0.4) is 0 Å². The fourth-order valence-electron chi connectivity index (χ4n) is 1.19. The van der Waals surface area contributed by atoms with Crippen molar-refractivity contribution in [3.05, 3.63) is 29.3 Å². The molecule has 0 fully saturated rings. The molecule has 0 saturated heterocycles. The maximum atomic E-state index is 13.3. The van der Waals surface area contributed by atoms with E-state index >= 15 is 0 Å². The number of amides is 1. The summed E-state index contributed by atoms with van der Waals surface area (Å²) in [4.78, 5) is 11.3. The van der Waals surface area contributed by atoms with Crippen molar-refractivity contribution in [3.63, 3.8) is 0 Å². The van der Waals surface area contributed by atoms with Gasteiger partial charge in [-0.2, -0.15) is 0 Å². The van der Waals surface area contributed by atoms with Crippen molar-refractivity contribution >= 4 is 11.6 Å². The van der Waals surface area contributed by atoms with Gasteiger partial charge in [0.15, 0.2) is 0 Å². The largest absolute Gasteiger partial charge is 0.323 e. The van der Waals surface area contributed by atoms with Gasteiger partial charge in [-0.15, -0.1) is 0 Å². The van der Waals surface area contributed by atoms with Crippen molar-refractivity contribution in [1.82, 2.24) is 5.32 Å². The van der Waals surface area contributed by atoms with E-state index in [2.05, 4.69) is 10.6 Å². The van der Waals surface area contributed by atoms with Crippen molar-refractivity contribution in [2.75, 3.05) is 18.9 Å². The first-order valence-corrected chi connectivity index (χ1v) is 4.94. The van der Waals surface area contributed by atoms with E-state index < -0.39 is 11.6 Å². The third-order valence-electron chi connectivity index (χ3n) is 2.12. The highest BCUT2D eigenvalue weighted by Gasteiger charge is 2.09. The maximum Gasteiger partial charge on any atom is 0.225 e. The molecule has 0 aliphatic carbocycles. The molecule has 0 aliphatic rings. The minimum absolute atomic E-state index is 0.121. The molecule has 0 aliphatic heterocycles.